The zero-order chi connectivity index (χ0) is 23.5. The minimum atomic E-state index is -3.34. The fraction of sp³-hybridized carbons (Fsp3) is 0.417. The van der Waals surface area contributed by atoms with Crippen molar-refractivity contribution in [1.29, 1.82) is 0 Å². The van der Waals surface area contributed by atoms with Gasteiger partial charge in [0.2, 0.25) is 10.0 Å². The molecule has 7 nitrogen and oxygen atoms in total. The maximum absolute atomic E-state index is 12.5. The van der Waals surface area contributed by atoms with E-state index in [-0.39, 0.29) is 24.1 Å². The lowest BCUT2D eigenvalue weighted by Crippen LogP contribution is -2.30. The molecule has 3 rings (SSSR count). The molecule has 0 saturated heterocycles. The molecule has 0 bridgehead atoms. The molecule has 0 radical (unpaired) electrons. The monoisotopic (exact) mass is 459 g/mol. The number of nitrogens with zero attached hydrogens (tertiary/aromatic N) is 1. The van der Waals surface area contributed by atoms with E-state index in [1.165, 1.54) is 4.31 Å². The Morgan fingerprint density at radius 3 is 2.53 bits per heavy atom. The fourth-order valence-electron chi connectivity index (χ4n) is 3.64. The first-order valence-corrected chi connectivity index (χ1v) is 12.3. The van der Waals surface area contributed by atoms with Gasteiger partial charge in [-0.05, 0) is 67.1 Å². The average molecular weight is 460 g/mol. The number of benzene rings is 2. The zero-order valence-corrected chi connectivity index (χ0v) is 19.7. The first-order chi connectivity index (χ1) is 15.1. The molecule has 0 amide bonds. The molecule has 8 heteroatoms. The Labute approximate surface area is 189 Å². The average Bonchev–Trinajstić information content (AvgIpc) is 3.20. The second-order valence-corrected chi connectivity index (χ2v) is 10.3. The number of sulfonamides is 1. The van der Waals surface area contributed by atoms with E-state index in [0.29, 0.717) is 30.0 Å². The molecule has 32 heavy (non-hydrogen) atoms. The van der Waals surface area contributed by atoms with Crippen LogP contribution in [0.2, 0.25) is 0 Å². The van der Waals surface area contributed by atoms with Crippen LogP contribution in [0.1, 0.15) is 53.7 Å². The summed E-state index contributed by atoms with van der Waals surface area (Å²) in [6.45, 7) is 7.32. The molecule has 1 aliphatic heterocycles. The molecule has 0 atom stereocenters. The number of Topliss-reactive ketones (excluding diaryl/α,β-unsaturated/α-hetero) is 1. The van der Waals surface area contributed by atoms with Gasteiger partial charge in [0.1, 0.15) is 5.75 Å². The normalized spacial score (nSPS) is 13.2. The van der Waals surface area contributed by atoms with Crippen LogP contribution in [-0.4, -0.2) is 45.7 Å². The largest absolute Gasteiger partial charge is 0.482 e. The number of carbonyl (C=O) groups is 2. The summed E-state index contributed by atoms with van der Waals surface area (Å²) >= 11 is 0. The van der Waals surface area contributed by atoms with Gasteiger partial charge in [-0.1, -0.05) is 26.0 Å². The van der Waals surface area contributed by atoms with Gasteiger partial charge in [-0.25, -0.2) is 13.2 Å². The van der Waals surface area contributed by atoms with Crippen LogP contribution in [0.5, 0.6) is 5.75 Å². The fourth-order valence-corrected chi connectivity index (χ4v) is 4.80. The van der Waals surface area contributed by atoms with Gasteiger partial charge in [0.25, 0.3) is 0 Å². The highest BCUT2D eigenvalue weighted by Gasteiger charge is 2.28. The Morgan fingerprint density at radius 2 is 1.84 bits per heavy atom. The van der Waals surface area contributed by atoms with Crippen LogP contribution >= 0.6 is 0 Å². The molecule has 2 aromatic carbocycles. The number of aryl methyl sites for hydroxylation is 1. The predicted octanol–water partition coefficient (Wildman–Crippen LogP) is 3.64. The number of hydrogen-bond donors (Lipinski definition) is 0. The lowest BCUT2D eigenvalue weighted by molar-refractivity contribution is -0.144. The summed E-state index contributed by atoms with van der Waals surface area (Å²) in [6.07, 6.45) is 0.540. The summed E-state index contributed by atoms with van der Waals surface area (Å²) < 4.78 is 36.5. The highest BCUT2D eigenvalue weighted by Crippen LogP contribution is 2.31. The van der Waals surface area contributed by atoms with E-state index >= 15 is 0 Å². The van der Waals surface area contributed by atoms with Gasteiger partial charge >= 0.3 is 5.97 Å². The van der Waals surface area contributed by atoms with Gasteiger partial charge in [0, 0.05) is 12.1 Å². The molecule has 0 unspecified atom stereocenters. The SMILES string of the molecule is CCS(=O)(=O)N1CCc2cc(C(=O)COC(=O)COc3cc(C)ccc3C(C)C)ccc21. The molecule has 0 N–H and O–H groups in total. The standard InChI is InChI=1S/C24H29NO6S/c1-5-32(28,29)25-11-10-18-13-19(7-9-21(18)25)22(26)14-31-24(27)15-30-23-12-17(4)6-8-20(23)16(2)3/h6-9,12-13,16H,5,10-11,14-15H2,1-4H3. The van der Waals surface area contributed by atoms with Crippen molar-refractivity contribution in [3.05, 3.63) is 58.7 Å². The third-order valence-corrected chi connectivity index (χ3v) is 7.24. The molecule has 1 heterocycles. The zero-order valence-electron chi connectivity index (χ0n) is 18.9. The summed E-state index contributed by atoms with van der Waals surface area (Å²) in [5, 5.41) is 0. The number of fused-ring (bicyclic) bond motifs is 1. The predicted molar refractivity (Wildman–Crippen MR) is 123 cm³/mol. The van der Waals surface area contributed by atoms with E-state index in [1.54, 1.807) is 25.1 Å². The van der Waals surface area contributed by atoms with Crippen LogP contribution in [0, 0.1) is 6.92 Å². The molecule has 172 valence electrons. The Morgan fingerprint density at radius 1 is 1.09 bits per heavy atom. The Balaban J connectivity index is 1.58. The quantitative estimate of drug-likeness (QED) is 0.420. The van der Waals surface area contributed by atoms with E-state index in [0.717, 1.165) is 16.7 Å². The van der Waals surface area contributed by atoms with Crippen LogP contribution in [0.4, 0.5) is 5.69 Å². The van der Waals surface area contributed by atoms with Crippen molar-refractivity contribution < 1.29 is 27.5 Å². The highest BCUT2D eigenvalue weighted by molar-refractivity contribution is 7.92. The number of rotatable bonds is 9. The van der Waals surface area contributed by atoms with Crippen LogP contribution < -0.4 is 9.04 Å². The van der Waals surface area contributed by atoms with Crippen LogP contribution in [0.25, 0.3) is 0 Å². The second kappa shape index (κ2) is 9.73. The molecule has 1 aliphatic rings. The maximum Gasteiger partial charge on any atom is 0.344 e. The molecule has 2 aromatic rings. The number of ketones is 1. The van der Waals surface area contributed by atoms with Crippen LogP contribution in [0.15, 0.2) is 36.4 Å². The van der Waals surface area contributed by atoms with E-state index < -0.39 is 22.6 Å². The van der Waals surface area contributed by atoms with Gasteiger partial charge in [-0.3, -0.25) is 9.10 Å². The lowest BCUT2D eigenvalue weighted by Gasteiger charge is -2.18. The lowest BCUT2D eigenvalue weighted by atomic mass is 10.0. The van der Waals surface area contributed by atoms with Crippen molar-refractivity contribution in [3.8, 4) is 5.75 Å². The van der Waals surface area contributed by atoms with Gasteiger partial charge in [0.05, 0.1) is 11.4 Å². The number of esters is 1. The smallest absolute Gasteiger partial charge is 0.344 e. The number of hydrogen-bond acceptors (Lipinski definition) is 6. The van der Waals surface area contributed by atoms with Crippen molar-refractivity contribution in [2.45, 2.75) is 40.0 Å². The molecule has 0 aromatic heterocycles. The van der Waals surface area contributed by atoms with Crippen molar-refractivity contribution in [1.82, 2.24) is 0 Å². The highest BCUT2D eigenvalue weighted by atomic mass is 32.2. The Hall–Kier alpha value is -2.87. The molecule has 0 saturated carbocycles. The molecule has 0 fully saturated rings. The van der Waals surface area contributed by atoms with Crippen molar-refractivity contribution >= 4 is 27.5 Å². The van der Waals surface area contributed by atoms with Crippen molar-refractivity contribution in [2.24, 2.45) is 0 Å². The first kappa shape index (κ1) is 23.8. The molecular weight excluding hydrogens is 430 g/mol. The number of carbonyl (C=O) groups excluding carboxylic acids is 2. The molecule has 0 spiro atoms. The minimum Gasteiger partial charge on any atom is -0.482 e. The van der Waals surface area contributed by atoms with E-state index in [4.69, 9.17) is 9.47 Å². The summed E-state index contributed by atoms with van der Waals surface area (Å²) in [4.78, 5) is 24.6. The van der Waals surface area contributed by atoms with Gasteiger partial charge in [-0.2, -0.15) is 0 Å². The third kappa shape index (κ3) is 5.30. The van der Waals surface area contributed by atoms with Gasteiger partial charge in [-0.15, -0.1) is 0 Å². The van der Waals surface area contributed by atoms with Gasteiger partial charge < -0.3 is 9.47 Å². The van der Waals surface area contributed by atoms with E-state index in [2.05, 4.69) is 0 Å². The Bertz CT molecular complexity index is 1120. The topological polar surface area (TPSA) is 90.0 Å². The number of anilines is 1. The van der Waals surface area contributed by atoms with Crippen LogP contribution in [-0.2, 0) is 26.0 Å². The summed E-state index contributed by atoms with van der Waals surface area (Å²) in [5.41, 5.74) is 3.80. The summed E-state index contributed by atoms with van der Waals surface area (Å²) in [6, 6.07) is 10.7. The Kier molecular flexibility index (Phi) is 7.23. The first-order valence-electron chi connectivity index (χ1n) is 10.7. The van der Waals surface area contributed by atoms with Crippen LogP contribution in [0.3, 0.4) is 0 Å². The van der Waals surface area contributed by atoms with E-state index in [9.17, 15) is 18.0 Å². The maximum atomic E-state index is 12.5. The summed E-state index contributed by atoms with van der Waals surface area (Å²) in [5.74, 6) is -0.0844. The van der Waals surface area contributed by atoms with E-state index in [1.807, 2.05) is 39.0 Å². The third-order valence-electron chi connectivity index (χ3n) is 5.46. The number of ether oxygens (including phenoxy) is 2. The minimum absolute atomic E-state index is 0.0202. The molecular formula is C24H29NO6S. The van der Waals surface area contributed by atoms with Crippen molar-refractivity contribution in [2.75, 3.05) is 29.8 Å². The van der Waals surface area contributed by atoms with Gasteiger partial charge in [0.15, 0.2) is 19.0 Å². The summed E-state index contributed by atoms with van der Waals surface area (Å²) in [7, 11) is -3.34. The molecule has 0 aliphatic carbocycles. The second-order valence-electron chi connectivity index (χ2n) is 8.13. The van der Waals surface area contributed by atoms with Crippen molar-refractivity contribution in [3.63, 3.8) is 0 Å².